The molecule has 0 N–H and O–H groups in total. The average molecular weight is 447 g/mol. The lowest BCUT2D eigenvalue weighted by molar-refractivity contribution is -0.112. The van der Waals surface area contributed by atoms with Gasteiger partial charge in [0.25, 0.3) is 0 Å². The summed E-state index contributed by atoms with van der Waals surface area (Å²) in [5, 5.41) is 0.600. The summed E-state index contributed by atoms with van der Waals surface area (Å²) in [5.74, 6) is 0.856. The number of benzene rings is 1. The predicted molar refractivity (Wildman–Crippen MR) is 130 cm³/mol. The van der Waals surface area contributed by atoms with E-state index in [4.69, 9.17) is 14.2 Å². The number of methoxy groups -OCH3 is 1. The van der Waals surface area contributed by atoms with Gasteiger partial charge in [0.15, 0.2) is 0 Å². The number of rotatable bonds is 12. The maximum Gasteiger partial charge on any atom is 0.132 e. The van der Waals surface area contributed by atoms with E-state index in [0.29, 0.717) is 25.0 Å². The smallest absolute Gasteiger partial charge is 0.132 e. The summed E-state index contributed by atoms with van der Waals surface area (Å²) >= 11 is 0. The highest BCUT2D eigenvalue weighted by atomic mass is 28.3. The van der Waals surface area contributed by atoms with Crippen molar-refractivity contribution in [2.24, 2.45) is 0 Å². The normalized spacial score (nSPS) is 21.8. The molecular weight excluding hydrogens is 404 g/mol. The molecule has 0 saturated carbocycles. The number of hydrogen-bond acceptors (Lipinski definition) is 4. The van der Waals surface area contributed by atoms with Crippen LogP contribution in [0.15, 0.2) is 35.9 Å². The van der Waals surface area contributed by atoms with Crippen LogP contribution in [-0.2, 0) is 20.9 Å². The molecule has 1 aliphatic heterocycles. The molecule has 0 unspecified atom stereocenters. The minimum Gasteiger partial charge on any atom is -0.497 e. The van der Waals surface area contributed by atoms with Crippen LogP contribution in [0.25, 0.3) is 0 Å². The zero-order valence-electron chi connectivity index (χ0n) is 20.8. The van der Waals surface area contributed by atoms with Gasteiger partial charge in [0.2, 0.25) is 0 Å². The van der Waals surface area contributed by atoms with Crippen LogP contribution in [0.2, 0.25) is 18.1 Å². The highest BCUT2D eigenvalue weighted by Gasteiger charge is 2.51. The van der Waals surface area contributed by atoms with Crippen molar-refractivity contribution < 1.29 is 19.0 Å². The van der Waals surface area contributed by atoms with Gasteiger partial charge >= 0.3 is 0 Å². The maximum absolute atomic E-state index is 12.7. The number of carbonyl (C=O) groups is 1. The summed E-state index contributed by atoms with van der Waals surface area (Å²) in [6.07, 6.45) is 6.02. The lowest BCUT2D eigenvalue weighted by Gasteiger charge is -2.35. The van der Waals surface area contributed by atoms with E-state index in [1.165, 1.54) is 5.57 Å². The topological polar surface area (TPSA) is 48.1 Å². The first-order valence-electron chi connectivity index (χ1n) is 11.5. The van der Waals surface area contributed by atoms with Crippen LogP contribution < -0.4 is 4.74 Å². The Kier molecular flexibility index (Phi) is 8.71. The second-order valence-electron chi connectivity index (χ2n) is 10.7. The Morgan fingerprint density at radius 1 is 1.19 bits per heavy atom. The van der Waals surface area contributed by atoms with Crippen molar-refractivity contribution >= 4 is 13.5 Å². The Hall–Kier alpha value is -1.43. The molecule has 1 aromatic carbocycles. The molecule has 174 valence electrons. The van der Waals surface area contributed by atoms with Gasteiger partial charge in [-0.05, 0) is 55.8 Å². The van der Waals surface area contributed by atoms with Gasteiger partial charge in [0, 0.05) is 6.42 Å². The molecule has 2 rings (SSSR count). The first kappa shape index (κ1) is 25.8. The first-order valence-corrected chi connectivity index (χ1v) is 14.5. The Balaban J connectivity index is 1.67. The van der Waals surface area contributed by atoms with Gasteiger partial charge in [0.1, 0.15) is 24.8 Å². The molecule has 4 nitrogen and oxygen atoms in total. The van der Waals surface area contributed by atoms with Crippen molar-refractivity contribution in [1.82, 2.24) is 0 Å². The van der Waals surface area contributed by atoms with Crippen molar-refractivity contribution in [3.05, 3.63) is 41.5 Å². The van der Waals surface area contributed by atoms with Crippen molar-refractivity contribution in [1.29, 1.82) is 0 Å². The fourth-order valence-electron chi connectivity index (χ4n) is 3.52. The number of carbonyl (C=O) groups excluding carboxylic acids is 1. The third-order valence-corrected chi connectivity index (χ3v) is 12.5. The summed E-state index contributed by atoms with van der Waals surface area (Å²) in [7, 11) is -0.207. The van der Waals surface area contributed by atoms with Crippen LogP contribution >= 0.6 is 0 Å². The molecule has 0 amide bonds. The monoisotopic (exact) mass is 446 g/mol. The van der Waals surface area contributed by atoms with E-state index in [2.05, 4.69) is 53.8 Å². The average Bonchev–Trinajstić information content (AvgIpc) is 3.35. The molecule has 1 saturated heterocycles. The zero-order chi connectivity index (χ0) is 23.3. The molecule has 1 heterocycles. The molecule has 0 spiro atoms. The third kappa shape index (κ3) is 7.30. The fourth-order valence-corrected chi connectivity index (χ4v) is 5.12. The van der Waals surface area contributed by atoms with Crippen molar-refractivity contribution in [3.63, 3.8) is 0 Å². The lowest BCUT2D eigenvalue weighted by Crippen LogP contribution is -2.46. The number of hydrogen-bond donors (Lipinski definition) is 0. The second kappa shape index (κ2) is 10.5. The highest BCUT2D eigenvalue weighted by Crippen LogP contribution is 2.40. The van der Waals surface area contributed by atoms with E-state index in [0.717, 1.165) is 30.6 Å². The molecule has 0 radical (unpaired) electrons. The van der Waals surface area contributed by atoms with Gasteiger partial charge in [-0.2, -0.15) is 0 Å². The number of allylic oxidation sites excluding steroid dienone is 2. The van der Waals surface area contributed by atoms with Crippen LogP contribution in [0.4, 0.5) is 0 Å². The fraction of sp³-hybridized carbons (Fsp3) is 0.654. The minimum atomic E-state index is -1.88. The standard InChI is InChI=1S/C26H42O4Si/c1-20(10-9-11-24(27)31(7,8)25(2,3)4)12-17-23-26(5,30-23)19-29-18-21-13-15-22(28-6)16-14-21/h10,13-16,23H,9,11-12,17-19H2,1-8H3/b20-10+/t23-,26-/m0/s1. The minimum absolute atomic E-state index is 0.117. The summed E-state index contributed by atoms with van der Waals surface area (Å²) in [6.45, 7) is 16.5. The number of ether oxygens (including phenoxy) is 3. The van der Waals surface area contributed by atoms with Crippen molar-refractivity contribution in [2.75, 3.05) is 13.7 Å². The van der Waals surface area contributed by atoms with Gasteiger partial charge in [-0.25, -0.2) is 0 Å². The lowest BCUT2D eigenvalue weighted by atomic mass is 10.0. The van der Waals surface area contributed by atoms with E-state index in [1.54, 1.807) is 7.11 Å². The zero-order valence-corrected chi connectivity index (χ0v) is 21.8. The second-order valence-corrected chi connectivity index (χ2v) is 16.0. The Labute approximate surface area is 190 Å². The van der Waals surface area contributed by atoms with E-state index >= 15 is 0 Å². The van der Waals surface area contributed by atoms with E-state index < -0.39 is 8.07 Å². The molecule has 0 aromatic heterocycles. The van der Waals surface area contributed by atoms with Crippen LogP contribution in [0.5, 0.6) is 5.75 Å². The van der Waals surface area contributed by atoms with Gasteiger partial charge < -0.3 is 19.0 Å². The molecule has 5 heteroatoms. The van der Waals surface area contributed by atoms with E-state index in [-0.39, 0.29) is 16.7 Å². The third-order valence-electron chi connectivity index (χ3n) is 7.09. The molecule has 0 bridgehead atoms. The van der Waals surface area contributed by atoms with Crippen LogP contribution in [0.1, 0.15) is 65.9 Å². The maximum atomic E-state index is 12.7. The van der Waals surface area contributed by atoms with Gasteiger partial charge in [-0.3, -0.25) is 0 Å². The summed E-state index contributed by atoms with van der Waals surface area (Å²) in [6, 6.07) is 7.95. The Bertz CT molecular complexity index is 761. The molecule has 1 aromatic rings. The molecule has 1 fully saturated rings. The molecule has 2 atom stereocenters. The van der Waals surface area contributed by atoms with Crippen LogP contribution in [0.3, 0.4) is 0 Å². The van der Waals surface area contributed by atoms with Crippen molar-refractivity contribution in [2.45, 2.75) is 96.7 Å². The van der Waals surface area contributed by atoms with Gasteiger partial charge in [0.05, 0.1) is 26.4 Å². The summed E-state index contributed by atoms with van der Waals surface area (Å²) in [5.41, 5.74) is 2.30. The molecule has 1 aliphatic rings. The molecular formula is C26H42O4Si. The highest BCUT2D eigenvalue weighted by molar-refractivity contribution is 7.06. The van der Waals surface area contributed by atoms with E-state index in [1.807, 2.05) is 24.3 Å². The quantitative estimate of drug-likeness (QED) is 0.209. The Morgan fingerprint density at radius 3 is 2.42 bits per heavy atom. The number of epoxide rings is 1. The SMILES string of the molecule is COc1ccc(COC[C@]2(C)O[C@H]2CC/C(C)=C/CCC(=O)[Si](C)(C)C(C)(C)C)cc1. The molecule has 0 aliphatic carbocycles. The largest absolute Gasteiger partial charge is 0.497 e. The van der Waals surface area contributed by atoms with Crippen molar-refractivity contribution in [3.8, 4) is 5.75 Å². The van der Waals surface area contributed by atoms with Crippen LogP contribution in [-0.4, -0.2) is 38.9 Å². The van der Waals surface area contributed by atoms with E-state index in [9.17, 15) is 4.79 Å². The van der Waals surface area contributed by atoms with Crippen LogP contribution in [0, 0.1) is 0 Å². The predicted octanol–water partition coefficient (Wildman–Crippen LogP) is 6.49. The summed E-state index contributed by atoms with van der Waals surface area (Å²) in [4.78, 5) is 12.7. The van der Waals surface area contributed by atoms with Gasteiger partial charge in [-0.15, -0.1) is 0 Å². The summed E-state index contributed by atoms with van der Waals surface area (Å²) < 4.78 is 17.0. The Morgan fingerprint density at radius 2 is 1.84 bits per heavy atom. The van der Waals surface area contributed by atoms with Gasteiger partial charge in [-0.1, -0.05) is 57.6 Å². The first-order chi connectivity index (χ1) is 14.4. The molecule has 31 heavy (non-hydrogen) atoms.